The number of nitrogens with zero attached hydrogens (tertiary/aromatic N) is 4. The van der Waals surface area contributed by atoms with E-state index < -0.39 is 4.92 Å². The molecule has 0 aliphatic carbocycles. The molecule has 2 heterocycles. The number of pyridine rings is 1. The van der Waals surface area contributed by atoms with E-state index in [4.69, 9.17) is 16.7 Å². The van der Waals surface area contributed by atoms with Crippen molar-refractivity contribution in [3.63, 3.8) is 0 Å². The van der Waals surface area contributed by atoms with Crippen LogP contribution in [0.2, 0.25) is 5.02 Å². The molecule has 0 bridgehead atoms. The molecule has 0 fully saturated rings. The lowest BCUT2D eigenvalue weighted by Crippen LogP contribution is -1.99. The van der Waals surface area contributed by atoms with Crippen LogP contribution in [0.1, 0.15) is 12.5 Å². The topological polar surface area (TPSA) is 73.8 Å². The van der Waals surface area contributed by atoms with Gasteiger partial charge in [-0.1, -0.05) is 48.9 Å². The minimum Gasteiger partial charge on any atom is -0.258 e. The Labute approximate surface area is 182 Å². The average Bonchev–Trinajstić information content (AvgIpc) is 3.19. The molecule has 5 rings (SSSR count). The lowest BCUT2D eigenvalue weighted by atomic mass is 10.0. The van der Waals surface area contributed by atoms with Gasteiger partial charge in [-0.2, -0.15) is 5.10 Å². The maximum absolute atomic E-state index is 11.3. The first-order valence-corrected chi connectivity index (χ1v) is 10.2. The van der Waals surface area contributed by atoms with Crippen molar-refractivity contribution in [2.24, 2.45) is 0 Å². The van der Waals surface area contributed by atoms with Gasteiger partial charge in [0.15, 0.2) is 0 Å². The molecular weight excluding hydrogens is 412 g/mol. The zero-order valence-electron chi connectivity index (χ0n) is 16.6. The second kappa shape index (κ2) is 7.49. The summed E-state index contributed by atoms with van der Waals surface area (Å²) in [5, 5.41) is 18.5. The van der Waals surface area contributed by atoms with Crippen LogP contribution in [0.3, 0.4) is 0 Å². The molecule has 0 spiro atoms. The van der Waals surface area contributed by atoms with Crippen molar-refractivity contribution in [2.75, 3.05) is 0 Å². The van der Waals surface area contributed by atoms with Gasteiger partial charge in [-0.25, -0.2) is 4.68 Å². The third kappa shape index (κ3) is 3.31. The minimum atomic E-state index is -0.407. The highest BCUT2D eigenvalue weighted by Gasteiger charge is 2.18. The number of aryl methyl sites for hydroxylation is 1. The highest BCUT2D eigenvalue weighted by atomic mass is 35.5. The van der Waals surface area contributed by atoms with Crippen LogP contribution in [-0.2, 0) is 6.42 Å². The van der Waals surface area contributed by atoms with Crippen LogP contribution in [-0.4, -0.2) is 19.7 Å². The van der Waals surface area contributed by atoms with Gasteiger partial charge < -0.3 is 0 Å². The van der Waals surface area contributed by atoms with Crippen molar-refractivity contribution in [1.29, 1.82) is 0 Å². The molecule has 3 aromatic carbocycles. The number of nitro groups is 1. The Bertz CT molecular complexity index is 1460. The SMILES string of the molecule is CCc1ccc(-c2nn(-c3cccc([N+](=O)[O-])c3)c3c2cnc2ccc(Cl)cc23)cc1. The summed E-state index contributed by atoms with van der Waals surface area (Å²) in [6.07, 6.45) is 2.75. The molecule has 0 amide bonds. The molecule has 2 aromatic heterocycles. The highest BCUT2D eigenvalue weighted by Crippen LogP contribution is 2.35. The van der Waals surface area contributed by atoms with E-state index in [9.17, 15) is 10.1 Å². The second-order valence-electron chi connectivity index (χ2n) is 7.27. The fraction of sp³-hybridized carbons (Fsp3) is 0.0833. The van der Waals surface area contributed by atoms with Gasteiger partial charge in [0, 0.05) is 39.7 Å². The summed E-state index contributed by atoms with van der Waals surface area (Å²) in [6.45, 7) is 2.11. The fourth-order valence-corrected chi connectivity index (χ4v) is 3.97. The molecular formula is C24H17ClN4O2. The smallest absolute Gasteiger partial charge is 0.258 e. The van der Waals surface area contributed by atoms with Crippen molar-refractivity contribution in [1.82, 2.24) is 14.8 Å². The van der Waals surface area contributed by atoms with Gasteiger partial charge in [0.05, 0.1) is 21.6 Å². The van der Waals surface area contributed by atoms with Crippen molar-refractivity contribution in [3.05, 3.63) is 93.6 Å². The van der Waals surface area contributed by atoms with Gasteiger partial charge in [-0.05, 0) is 36.2 Å². The van der Waals surface area contributed by atoms with Crippen molar-refractivity contribution in [3.8, 4) is 16.9 Å². The Kier molecular flexibility index (Phi) is 4.64. The summed E-state index contributed by atoms with van der Waals surface area (Å²) in [6, 6.07) is 20.2. The molecule has 0 saturated heterocycles. The van der Waals surface area contributed by atoms with Gasteiger partial charge in [0.1, 0.15) is 5.69 Å². The number of rotatable bonds is 4. The van der Waals surface area contributed by atoms with E-state index in [-0.39, 0.29) is 5.69 Å². The van der Waals surface area contributed by atoms with Crippen LogP contribution in [0.15, 0.2) is 72.9 Å². The van der Waals surface area contributed by atoms with Crippen LogP contribution >= 0.6 is 11.6 Å². The predicted octanol–water partition coefficient (Wildman–Crippen LogP) is 6.36. The Balaban J connectivity index is 1.86. The first-order valence-electron chi connectivity index (χ1n) is 9.86. The van der Waals surface area contributed by atoms with E-state index in [0.29, 0.717) is 10.7 Å². The van der Waals surface area contributed by atoms with Crippen LogP contribution in [0, 0.1) is 10.1 Å². The third-order valence-electron chi connectivity index (χ3n) is 5.39. The average molecular weight is 429 g/mol. The van der Waals surface area contributed by atoms with E-state index >= 15 is 0 Å². The standard InChI is InChI=1S/C24H17ClN4O2/c1-2-15-6-8-16(9-7-15)23-21-14-26-22-11-10-17(25)12-20(22)24(21)28(27-23)18-4-3-5-19(13-18)29(30)31/h3-14H,2H2,1H3. The van der Waals surface area contributed by atoms with Gasteiger partial charge in [-0.3, -0.25) is 15.1 Å². The summed E-state index contributed by atoms with van der Waals surface area (Å²) in [5.74, 6) is 0. The van der Waals surface area contributed by atoms with Crippen LogP contribution in [0.5, 0.6) is 0 Å². The first kappa shape index (κ1) is 19.2. The Morgan fingerprint density at radius 1 is 1.03 bits per heavy atom. The van der Waals surface area contributed by atoms with Gasteiger partial charge in [-0.15, -0.1) is 0 Å². The van der Waals surface area contributed by atoms with Crippen molar-refractivity contribution < 1.29 is 4.92 Å². The number of hydrogen-bond donors (Lipinski definition) is 0. The number of fused-ring (bicyclic) bond motifs is 3. The molecule has 0 aliphatic rings. The van der Waals surface area contributed by atoms with E-state index in [0.717, 1.165) is 39.5 Å². The predicted molar refractivity (Wildman–Crippen MR) is 123 cm³/mol. The number of hydrogen-bond acceptors (Lipinski definition) is 4. The largest absolute Gasteiger partial charge is 0.271 e. The van der Waals surface area contributed by atoms with Gasteiger partial charge >= 0.3 is 0 Å². The lowest BCUT2D eigenvalue weighted by Gasteiger charge is -2.06. The zero-order chi connectivity index (χ0) is 21.5. The Hall–Kier alpha value is -3.77. The molecule has 0 saturated carbocycles. The molecule has 0 atom stereocenters. The quantitative estimate of drug-likeness (QED) is 0.246. The summed E-state index contributed by atoms with van der Waals surface area (Å²) in [7, 11) is 0. The maximum atomic E-state index is 11.3. The Morgan fingerprint density at radius 2 is 1.84 bits per heavy atom. The second-order valence-corrected chi connectivity index (χ2v) is 7.71. The third-order valence-corrected chi connectivity index (χ3v) is 5.62. The Morgan fingerprint density at radius 3 is 2.58 bits per heavy atom. The molecule has 0 radical (unpaired) electrons. The number of nitro benzene ring substituents is 1. The molecule has 152 valence electrons. The van der Waals surface area contributed by atoms with Crippen molar-refractivity contribution >= 4 is 39.1 Å². The normalized spacial score (nSPS) is 11.3. The van der Waals surface area contributed by atoms with E-state index in [1.165, 1.54) is 17.7 Å². The highest BCUT2D eigenvalue weighted by molar-refractivity contribution is 6.31. The van der Waals surface area contributed by atoms with Gasteiger partial charge in [0.25, 0.3) is 5.69 Å². The summed E-state index contributed by atoms with van der Waals surface area (Å²) < 4.78 is 1.74. The number of benzene rings is 3. The summed E-state index contributed by atoms with van der Waals surface area (Å²) in [5.41, 5.74) is 5.14. The first-order chi connectivity index (χ1) is 15.0. The molecule has 7 heteroatoms. The summed E-state index contributed by atoms with van der Waals surface area (Å²) in [4.78, 5) is 15.5. The lowest BCUT2D eigenvalue weighted by molar-refractivity contribution is -0.384. The van der Waals surface area contributed by atoms with E-state index in [1.807, 2.05) is 24.3 Å². The molecule has 31 heavy (non-hydrogen) atoms. The van der Waals surface area contributed by atoms with Crippen LogP contribution < -0.4 is 0 Å². The molecule has 0 N–H and O–H groups in total. The van der Waals surface area contributed by atoms with Gasteiger partial charge in [0.2, 0.25) is 0 Å². The van der Waals surface area contributed by atoms with E-state index in [2.05, 4.69) is 24.0 Å². The number of non-ortho nitro benzene ring substituents is 1. The van der Waals surface area contributed by atoms with Crippen LogP contribution in [0.25, 0.3) is 38.8 Å². The molecule has 5 aromatic rings. The minimum absolute atomic E-state index is 0.00592. The molecule has 6 nitrogen and oxygen atoms in total. The zero-order valence-corrected chi connectivity index (χ0v) is 17.4. The molecule has 0 unspecified atom stereocenters. The fourth-order valence-electron chi connectivity index (χ4n) is 3.79. The number of halogens is 1. The van der Waals surface area contributed by atoms with E-state index in [1.54, 1.807) is 29.1 Å². The maximum Gasteiger partial charge on any atom is 0.271 e. The monoisotopic (exact) mass is 428 g/mol. The van der Waals surface area contributed by atoms with Crippen LogP contribution in [0.4, 0.5) is 5.69 Å². The number of aromatic nitrogens is 3. The molecule has 0 aliphatic heterocycles. The summed E-state index contributed by atoms with van der Waals surface area (Å²) >= 11 is 6.29. The van der Waals surface area contributed by atoms with Crippen molar-refractivity contribution in [2.45, 2.75) is 13.3 Å².